The summed E-state index contributed by atoms with van der Waals surface area (Å²) in [5.74, 6) is -3.28. The zero-order valence-electron chi connectivity index (χ0n) is 20.2. The van der Waals surface area contributed by atoms with E-state index in [-0.39, 0.29) is 12.0 Å². The van der Waals surface area contributed by atoms with Gasteiger partial charge >= 0.3 is 18.0 Å². The molecule has 0 heterocycles. The molecule has 0 fully saturated rings. The van der Waals surface area contributed by atoms with E-state index in [1.807, 2.05) is 38.1 Å². The first-order valence-electron chi connectivity index (χ1n) is 11.4. The lowest BCUT2D eigenvalue weighted by molar-refractivity contribution is -0.140. The van der Waals surface area contributed by atoms with Crippen molar-refractivity contribution in [2.75, 3.05) is 28.6 Å². The number of nitrogens with zero attached hydrogens (tertiary/aromatic N) is 1. The van der Waals surface area contributed by atoms with Gasteiger partial charge in [0.05, 0.1) is 0 Å². The number of rotatable bonds is 12. The zero-order valence-corrected chi connectivity index (χ0v) is 23.3. The molecule has 0 radical (unpaired) electrons. The van der Waals surface area contributed by atoms with Gasteiger partial charge in [-0.1, -0.05) is 70.0 Å². The minimum atomic E-state index is -1.42. The number of aliphatic carboxylic acids is 2. The Kier molecular flexibility index (Phi) is 14.4. The molecule has 1 atom stereocenters. The summed E-state index contributed by atoms with van der Waals surface area (Å²) in [4.78, 5) is 48.4. The monoisotopic (exact) mass is 627 g/mol. The lowest BCUT2D eigenvalue weighted by Gasteiger charge is -2.23. The summed E-state index contributed by atoms with van der Waals surface area (Å²) in [5, 5.41) is 23.7. The summed E-state index contributed by atoms with van der Waals surface area (Å²) in [5.41, 5.74) is 3.18. The number of carbonyl (C=O) groups excluding carboxylic acids is 2. The number of hydrogen-bond acceptors (Lipinski definition) is 5. The Morgan fingerprint density at radius 2 is 1.36 bits per heavy atom. The number of carboxylic acids is 2. The van der Waals surface area contributed by atoms with Gasteiger partial charge < -0.3 is 20.4 Å². The molecule has 1 unspecified atom stereocenters. The van der Waals surface area contributed by atoms with E-state index in [0.29, 0.717) is 0 Å². The Morgan fingerprint density at radius 3 is 1.81 bits per heavy atom. The molecule has 4 N–H and O–H groups in total. The van der Waals surface area contributed by atoms with E-state index in [2.05, 4.69) is 47.4 Å². The number of halogens is 2. The molecule has 3 amide bonds. The first-order chi connectivity index (χ1) is 17.2. The SMILES string of the molecule is CC.O=C(O)CCC(NC(=O)NC(=O)c1ccc(-c2ccc(N(CCBr)CCBr)cc2)cc1)C(=O)O. The minimum absolute atomic E-state index is 0.216. The van der Waals surface area contributed by atoms with Crippen LogP contribution < -0.4 is 15.5 Å². The predicted octanol–water partition coefficient (Wildman–Crippen LogP) is 4.73. The number of nitrogens with one attached hydrogen (secondary N) is 2. The van der Waals surface area contributed by atoms with Crippen LogP contribution in [0.1, 0.15) is 37.0 Å². The van der Waals surface area contributed by atoms with Crippen LogP contribution in [0.2, 0.25) is 0 Å². The van der Waals surface area contributed by atoms with Crippen molar-refractivity contribution in [1.82, 2.24) is 10.6 Å². The highest BCUT2D eigenvalue weighted by Crippen LogP contribution is 2.24. The van der Waals surface area contributed by atoms with E-state index in [1.165, 1.54) is 0 Å². The molecule has 0 saturated heterocycles. The predicted molar refractivity (Wildman–Crippen MR) is 147 cm³/mol. The highest BCUT2D eigenvalue weighted by molar-refractivity contribution is 9.09. The molecule has 2 aromatic carbocycles. The van der Waals surface area contributed by atoms with Gasteiger partial charge in [0, 0.05) is 41.4 Å². The van der Waals surface area contributed by atoms with E-state index < -0.39 is 36.3 Å². The molecule has 2 rings (SSSR count). The molecule has 11 heteroatoms. The number of benzene rings is 2. The molecule has 2 aromatic rings. The van der Waals surface area contributed by atoms with Crippen LogP contribution in [0.4, 0.5) is 10.5 Å². The molecule has 0 spiro atoms. The second kappa shape index (κ2) is 16.7. The van der Waals surface area contributed by atoms with E-state index >= 15 is 0 Å². The van der Waals surface area contributed by atoms with Crippen molar-refractivity contribution in [3.05, 3.63) is 54.1 Å². The molecule has 0 bridgehead atoms. The van der Waals surface area contributed by atoms with Gasteiger partial charge in [-0.2, -0.15) is 0 Å². The Labute approximate surface area is 227 Å². The third-order valence-electron chi connectivity index (χ3n) is 4.90. The summed E-state index contributed by atoms with van der Waals surface area (Å²) in [6.45, 7) is 5.77. The third kappa shape index (κ3) is 10.4. The van der Waals surface area contributed by atoms with E-state index in [0.717, 1.165) is 40.6 Å². The van der Waals surface area contributed by atoms with E-state index in [1.54, 1.807) is 24.3 Å². The quantitative estimate of drug-likeness (QED) is 0.249. The van der Waals surface area contributed by atoms with Gasteiger partial charge in [-0.15, -0.1) is 0 Å². The lowest BCUT2D eigenvalue weighted by Crippen LogP contribution is -2.47. The van der Waals surface area contributed by atoms with Gasteiger partial charge in [-0.25, -0.2) is 9.59 Å². The van der Waals surface area contributed by atoms with Crippen LogP contribution in [0.15, 0.2) is 48.5 Å². The molecule has 0 aliphatic heterocycles. The second-order valence-corrected chi connectivity index (χ2v) is 8.83. The van der Waals surface area contributed by atoms with Crippen LogP contribution in [-0.4, -0.2) is 63.9 Å². The standard InChI is InChI=1S/C23H25Br2N3O6.C2H6/c24-11-13-28(14-12-25)18-7-5-16(6-8-18)15-1-3-17(4-2-15)21(31)27-23(34)26-19(22(32)33)9-10-20(29)30;1-2/h1-8,19H,9-14H2,(H,29,30)(H,32,33)(H2,26,27,31,34);1-2H3. The van der Waals surface area contributed by atoms with Crippen molar-refractivity contribution in [3.63, 3.8) is 0 Å². The van der Waals surface area contributed by atoms with E-state index in [4.69, 9.17) is 10.2 Å². The van der Waals surface area contributed by atoms with Crippen LogP contribution in [0, 0.1) is 0 Å². The van der Waals surface area contributed by atoms with Crippen LogP contribution >= 0.6 is 31.9 Å². The molecule has 0 aliphatic rings. The summed E-state index contributed by atoms with van der Waals surface area (Å²) < 4.78 is 0. The first kappa shape index (κ1) is 31.1. The lowest BCUT2D eigenvalue weighted by atomic mass is 10.0. The fourth-order valence-electron chi connectivity index (χ4n) is 3.15. The normalized spacial score (nSPS) is 10.9. The van der Waals surface area contributed by atoms with Crippen LogP contribution in [-0.2, 0) is 9.59 Å². The van der Waals surface area contributed by atoms with Gasteiger partial charge in [0.15, 0.2) is 0 Å². The zero-order chi connectivity index (χ0) is 27.1. The van der Waals surface area contributed by atoms with Crippen LogP contribution in [0.25, 0.3) is 11.1 Å². The molecule has 196 valence electrons. The highest BCUT2D eigenvalue weighted by atomic mass is 79.9. The largest absolute Gasteiger partial charge is 0.481 e. The summed E-state index contributed by atoms with van der Waals surface area (Å²) >= 11 is 6.94. The number of imide groups is 1. The van der Waals surface area contributed by atoms with Crippen molar-refractivity contribution in [2.24, 2.45) is 0 Å². The van der Waals surface area contributed by atoms with Gasteiger partial charge in [0.2, 0.25) is 0 Å². The van der Waals surface area contributed by atoms with Gasteiger partial charge in [0.25, 0.3) is 5.91 Å². The number of carboxylic acid groups (broad SMARTS) is 2. The summed E-state index contributed by atoms with van der Waals surface area (Å²) in [6.07, 6.45) is -0.734. The van der Waals surface area contributed by atoms with Crippen LogP contribution in [0.3, 0.4) is 0 Å². The Balaban J connectivity index is 0.00000316. The Hall–Kier alpha value is -2.92. The summed E-state index contributed by atoms with van der Waals surface area (Å²) in [7, 11) is 0. The number of urea groups is 1. The van der Waals surface area contributed by atoms with Gasteiger partial charge in [0.1, 0.15) is 6.04 Å². The fourth-order valence-corrected chi connectivity index (χ4v) is 4.00. The number of hydrogen-bond donors (Lipinski definition) is 4. The van der Waals surface area contributed by atoms with Crippen molar-refractivity contribution in [1.29, 1.82) is 0 Å². The third-order valence-corrected chi connectivity index (χ3v) is 5.61. The molecular formula is C25H31Br2N3O6. The molecule has 9 nitrogen and oxygen atoms in total. The topological polar surface area (TPSA) is 136 Å². The van der Waals surface area contributed by atoms with Gasteiger partial charge in [-0.05, 0) is 41.8 Å². The number of carbonyl (C=O) groups is 4. The maximum absolute atomic E-state index is 12.3. The number of amides is 3. The Morgan fingerprint density at radius 1 is 0.861 bits per heavy atom. The van der Waals surface area contributed by atoms with Gasteiger partial charge in [-0.3, -0.25) is 14.9 Å². The van der Waals surface area contributed by atoms with Crippen molar-refractivity contribution in [3.8, 4) is 11.1 Å². The molecule has 0 saturated carbocycles. The maximum atomic E-state index is 12.3. The molecule has 0 aliphatic carbocycles. The molecule has 36 heavy (non-hydrogen) atoms. The Bertz CT molecular complexity index is 994. The second-order valence-electron chi connectivity index (χ2n) is 7.24. The smallest absolute Gasteiger partial charge is 0.326 e. The van der Waals surface area contributed by atoms with E-state index in [9.17, 15) is 19.2 Å². The molecular weight excluding hydrogens is 598 g/mol. The number of alkyl halides is 2. The average molecular weight is 629 g/mol. The first-order valence-corrected chi connectivity index (χ1v) is 13.6. The fraction of sp³-hybridized carbons (Fsp3) is 0.360. The minimum Gasteiger partial charge on any atom is -0.481 e. The number of anilines is 1. The van der Waals surface area contributed by atoms with Crippen molar-refractivity contribution < 1.29 is 29.4 Å². The van der Waals surface area contributed by atoms with Crippen molar-refractivity contribution in [2.45, 2.75) is 32.7 Å². The van der Waals surface area contributed by atoms with Crippen molar-refractivity contribution >= 4 is 61.4 Å². The van der Waals surface area contributed by atoms with Crippen LogP contribution in [0.5, 0.6) is 0 Å². The molecule has 0 aromatic heterocycles. The average Bonchev–Trinajstić information content (AvgIpc) is 2.87. The maximum Gasteiger partial charge on any atom is 0.326 e. The summed E-state index contributed by atoms with van der Waals surface area (Å²) in [6, 6.07) is 12.3. The highest BCUT2D eigenvalue weighted by Gasteiger charge is 2.22.